The maximum Gasteiger partial charge on any atom is 0.496 e. The number of ether oxygens (including phenoxy) is 1. The molecule has 0 saturated carbocycles. The number of benzene rings is 1. The lowest BCUT2D eigenvalue weighted by atomic mass is 10.0. The molecular weight excluding hydrogens is 391 g/mol. The summed E-state index contributed by atoms with van der Waals surface area (Å²) < 4.78 is 20.0. The Morgan fingerprint density at radius 3 is 1.48 bits per heavy atom. The summed E-state index contributed by atoms with van der Waals surface area (Å²) in [5, 5.41) is 0. The van der Waals surface area contributed by atoms with Gasteiger partial charge in [-0.1, -0.05) is 95.2 Å². The third kappa shape index (κ3) is 18.8. The van der Waals surface area contributed by atoms with E-state index in [0.29, 0.717) is 0 Å². The highest BCUT2D eigenvalue weighted by Crippen LogP contribution is 2.35. The Morgan fingerprint density at radius 2 is 1.03 bits per heavy atom. The number of hydrogen-bond donors (Lipinski definition) is 2. The fourth-order valence-corrected chi connectivity index (χ4v) is 3.41. The van der Waals surface area contributed by atoms with Crippen LogP contribution in [0.15, 0.2) is 30.3 Å². The molecule has 0 aliphatic heterocycles. The summed E-state index contributed by atoms with van der Waals surface area (Å²) in [6, 6.07) is 10.0. The molecule has 0 amide bonds. The summed E-state index contributed by atoms with van der Waals surface area (Å²) in [4.78, 5) is 21.4. The van der Waals surface area contributed by atoms with Crippen molar-refractivity contribution >= 4 is 7.82 Å². The predicted molar refractivity (Wildman–Crippen MR) is 116 cm³/mol. The summed E-state index contributed by atoms with van der Waals surface area (Å²) in [5.41, 5.74) is 0. The third-order valence-corrected chi connectivity index (χ3v) is 5.08. The van der Waals surface area contributed by atoms with Crippen LogP contribution in [0.4, 0.5) is 0 Å². The molecule has 1 aromatic carbocycles. The maximum atomic E-state index is 10.4. The molecule has 0 heterocycles. The Kier molecular flexibility index (Phi) is 16.1. The van der Waals surface area contributed by atoms with Gasteiger partial charge >= 0.3 is 7.82 Å². The highest BCUT2D eigenvalue weighted by molar-refractivity contribution is 7.46. The smallest absolute Gasteiger partial charge is 0.494 e. The molecule has 0 saturated heterocycles. The molecule has 0 radical (unpaired) electrons. The molecule has 2 N–H and O–H groups in total. The van der Waals surface area contributed by atoms with E-state index in [0.717, 1.165) is 38.0 Å². The minimum atomic E-state index is -4.49. The number of hydrogen-bond acceptors (Lipinski definition) is 4. The molecule has 7 heteroatoms. The zero-order chi connectivity index (χ0) is 21.0. The van der Waals surface area contributed by atoms with Crippen LogP contribution < -0.4 is 4.74 Å². The van der Waals surface area contributed by atoms with Gasteiger partial charge < -0.3 is 14.5 Å². The third-order valence-electron chi connectivity index (χ3n) is 4.78. The molecule has 0 aliphatic carbocycles. The highest BCUT2D eigenvalue weighted by Gasteiger charge is 2.14. The van der Waals surface area contributed by atoms with Gasteiger partial charge in [-0.3, -0.25) is 0 Å². The van der Waals surface area contributed by atoms with Crippen molar-refractivity contribution in [3.8, 4) is 5.75 Å². The number of phosphoric acid groups is 1. The predicted octanol–water partition coefficient (Wildman–Crippen LogP) is 6.57. The summed E-state index contributed by atoms with van der Waals surface area (Å²) in [7, 11) is -4.49. The van der Waals surface area contributed by atoms with Crippen LogP contribution in [0.5, 0.6) is 5.75 Å². The lowest BCUT2D eigenvalue weighted by Gasteiger charge is -2.06. The van der Waals surface area contributed by atoms with Gasteiger partial charge in [-0.05, 0) is 25.0 Å². The lowest BCUT2D eigenvalue weighted by Crippen LogP contribution is -1.96. The highest BCUT2D eigenvalue weighted by atomic mass is 31.2. The Morgan fingerprint density at radius 1 is 0.621 bits per heavy atom. The standard InChI is InChI=1S/C22H39O6P/c23-29(24,25)28-27-21-17-12-10-8-6-4-2-1-3-5-7-9-11-16-20-26-22-18-14-13-15-19-22/h13-15,18-19H,1-12,16-17,20-21H2,(H2,23,24,25). The quantitative estimate of drug-likeness (QED) is 0.105. The van der Waals surface area contributed by atoms with E-state index in [1.54, 1.807) is 0 Å². The lowest BCUT2D eigenvalue weighted by molar-refractivity contribution is -0.222. The van der Waals surface area contributed by atoms with Gasteiger partial charge in [-0.25, -0.2) is 9.45 Å². The summed E-state index contributed by atoms with van der Waals surface area (Å²) >= 11 is 0. The van der Waals surface area contributed by atoms with E-state index in [9.17, 15) is 4.57 Å². The molecule has 1 aromatic rings. The van der Waals surface area contributed by atoms with E-state index in [2.05, 4.69) is 9.56 Å². The van der Waals surface area contributed by atoms with Crippen LogP contribution in [0.2, 0.25) is 0 Å². The van der Waals surface area contributed by atoms with Crippen LogP contribution >= 0.6 is 7.82 Å². The minimum absolute atomic E-state index is 0.227. The summed E-state index contributed by atoms with van der Waals surface area (Å²) in [6.45, 7) is 1.05. The van der Waals surface area contributed by atoms with Crippen LogP contribution in [0.25, 0.3) is 0 Å². The average Bonchev–Trinajstić information content (AvgIpc) is 2.69. The van der Waals surface area contributed by atoms with Gasteiger partial charge in [0, 0.05) is 0 Å². The van der Waals surface area contributed by atoms with E-state index >= 15 is 0 Å². The van der Waals surface area contributed by atoms with Crippen LogP contribution in [0, 0.1) is 0 Å². The molecule has 29 heavy (non-hydrogen) atoms. The molecule has 0 bridgehead atoms. The first-order valence-electron chi connectivity index (χ1n) is 11.1. The topological polar surface area (TPSA) is 85.2 Å². The van der Waals surface area contributed by atoms with E-state index in [-0.39, 0.29) is 6.61 Å². The normalized spacial score (nSPS) is 11.7. The average molecular weight is 431 g/mol. The maximum absolute atomic E-state index is 10.4. The van der Waals surface area contributed by atoms with E-state index in [1.165, 1.54) is 64.2 Å². The van der Waals surface area contributed by atoms with Crippen molar-refractivity contribution in [1.82, 2.24) is 0 Å². The molecule has 0 fully saturated rings. The second-order valence-electron chi connectivity index (χ2n) is 7.50. The van der Waals surface area contributed by atoms with Gasteiger partial charge in [0.1, 0.15) is 5.75 Å². The fourth-order valence-electron chi connectivity index (χ4n) is 3.20. The summed E-state index contributed by atoms with van der Waals surface area (Å²) in [6.07, 6.45) is 17.1. The van der Waals surface area contributed by atoms with E-state index in [1.807, 2.05) is 30.3 Å². The van der Waals surface area contributed by atoms with Gasteiger partial charge in [0.2, 0.25) is 0 Å². The Bertz CT molecular complexity index is 519. The van der Waals surface area contributed by atoms with Crippen LogP contribution in [0.3, 0.4) is 0 Å². The van der Waals surface area contributed by atoms with Gasteiger partial charge in [0.05, 0.1) is 13.2 Å². The molecular formula is C22H39O6P. The number of para-hydroxylation sites is 1. The molecule has 0 aromatic heterocycles. The molecule has 1 rings (SSSR count). The van der Waals surface area contributed by atoms with Gasteiger partial charge in [-0.15, -0.1) is 4.67 Å². The fraction of sp³-hybridized carbons (Fsp3) is 0.727. The zero-order valence-corrected chi connectivity index (χ0v) is 18.6. The van der Waals surface area contributed by atoms with Crippen molar-refractivity contribution in [1.29, 1.82) is 0 Å². The minimum Gasteiger partial charge on any atom is -0.494 e. The van der Waals surface area contributed by atoms with E-state index < -0.39 is 7.82 Å². The Labute approximate surface area is 176 Å². The summed E-state index contributed by atoms with van der Waals surface area (Å²) in [5.74, 6) is 0.967. The number of rotatable bonds is 20. The molecule has 168 valence electrons. The van der Waals surface area contributed by atoms with Crippen LogP contribution in [-0.2, 0) is 14.1 Å². The monoisotopic (exact) mass is 430 g/mol. The second kappa shape index (κ2) is 17.9. The van der Waals surface area contributed by atoms with Crippen LogP contribution in [-0.4, -0.2) is 23.0 Å². The molecule has 6 nitrogen and oxygen atoms in total. The SMILES string of the molecule is O=P(O)(O)OOCCCCCCCCCCCCCCCCOc1ccccc1. The second-order valence-corrected chi connectivity index (χ2v) is 8.63. The van der Waals surface area contributed by atoms with Crippen LogP contribution in [0.1, 0.15) is 89.9 Å². The van der Waals surface area contributed by atoms with Crippen molar-refractivity contribution in [3.63, 3.8) is 0 Å². The van der Waals surface area contributed by atoms with Crippen molar-refractivity contribution in [2.75, 3.05) is 13.2 Å². The molecule has 0 aliphatic rings. The molecule has 0 atom stereocenters. The van der Waals surface area contributed by atoms with Crippen molar-refractivity contribution in [2.45, 2.75) is 89.9 Å². The van der Waals surface area contributed by atoms with Gasteiger partial charge in [0.25, 0.3) is 0 Å². The Balaban J connectivity index is 1.69. The molecule has 0 spiro atoms. The van der Waals surface area contributed by atoms with Crippen molar-refractivity contribution in [3.05, 3.63) is 30.3 Å². The molecule has 0 unspecified atom stereocenters. The first-order chi connectivity index (χ1) is 14.1. The van der Waals surface area contributed by atoms with Gasteiger partial charge in [-0.2, -0.15) is 0 Å². The largest absolute Gasteiger partial charge is 0.496 e. The Hall–Kier alpha value is -0.910. The first-order valence-corrected chi connectivity index (χ1v) is 12.7. The van der Waals surface area contributed by atoms with Crippen molar-refractivity contribution in [2.24, 2.45) is 0 Å². The first kappa shape index (κ1) is 26.1. The van der Waals surface area contributed by atoms with Gasteiger partial charge in [0.15, 0.2) is 0 Å². The number of unbranched alkanes of at least 4 members (excludes halogenated alkanes) is 13. The zero-order valence-electron chi connectivity index (χ0n) is 17.7. The van der Waals surface area contributed by atoms with E-state index in [4.69, 9.17) is 14.5 Å². The van der Waals surface area contributed by atoms with Crippen molar-refractivity contribution < 1.29 is 28.7 Å².